The number of rotatable bonds is 7. The van der Waals surface area contributed by atoms with Gasteiger partial charge in [0.15, 0.2) is 0 Å². The van der Waals surface area contributed by atoms with Crippen LogP contribution in [-0.2, 0) is 6.42 Å². The topological polar surface area (TPSA) is 68.2 Å². The van der Waals surface area contributed by atoms with Crippen LogP contribution in [0.1, 0.15) is 28.6 Å². The molecular weight excluding hydrogens is 352 g/mol. The number of hydrogen-bond acceptors (Lipinski definition) is 4. The molecule has 144 valence electrons. The van der Waals surface area contributed by atoms with Crippen molar-refractivity contribution in [2.45, 2.75) is 19.0 Å². The molecule has 2 aromatic carbocycles. The number of nitrogens with one attached hydrogen (secondary N) is 2. The minimum absolute atomic E-state index is 0.0459. The van der Waals surface area contributed by atoms with Crippen LogP contribution in [0.2, 0.25) is 0 Å². The van der Waals surface area contributed by atoms with E-state index in [-0.39, 0.29) is 12.1 Å². The predicted molar refractivity (Wildman–Crippen MR) is 108 cm³/mol. The zero-order valence-corrected chi connectivity index (χ0v) is 15.9. The van der Waals surface area contributed by atoms with Crippen molar-refractivity contribution in [3.63, 3.8) is 0 Å². The molecule has 1 aromatic heterocycles. The average Bonchev–Trinajstić information content (AvgIpc) is 3.20. The fourth-order valence-electron chi connectivity index (χ4n) is 3.44. The maximum atomic E-state index is 12.3. The van der Waals surface area contributed by atoms with E-state index in [9.17, 15) is 4.79 Å². The largest absolute Gasteiger partial charge is 0.497 e. The molecule has 2 heterocycles. The van der Waals surface area contributed by atoms with Crippen molar-refractivity contribution in [3.8, 4) is 17.0 Å². The highest BCUT2D eigenvalue weighted by Gasteiger charge is 2.26. The lowest BCUT2D eigenvalue weighted by Crippen LogP contribution is -2.45. The molecule has 1 aliphatic heterocycles. The molecule has 0 radical (unpaired) electrons. The first-order chi connectivity index (χ1) is 13.7. The van der Waals surface area contributed by atoms with Crippen molar-refractivity contribution in [3.05, 3.63) is 71.9 Å². The number of fused-ring (bicyclic) bond motifs is 1. The summed E-state index contributed by atoms with van der Waals surface area (Å²) >= 11 is 0. The van der Waals surface area contributed by atoms with Gasteiger partial charge in [-0.05, 0) is 55.3 Å². The van der Waals surface area contributed by atoms with Crippen molar-refractivity contribution in [2.24, 2.45) is 0 Å². The second kappa shape index (κ2) is 8.27. The molecule has 0 bridgehead atoms. The van der Waals surface area contributed by atoms with Crippen LogP contribution < -0.4 is 15.4 Å². The Bertz CT molecular complexity index is 935. The van der Waals surface area contributed by atoms with Gasteiger partial charge >= 0.3 is 0 Å². The normalized spacial score (nSPS) is 15.8. The number of aromatic nitrogens is 2. The molecule has 2 N–H and O–H groups in total. The summed E-state index contributed by atoms with van der Waals surface area (Å²) in [4.78, 5) is 12.3. The third-order valence-electron chi connectivity index (χ3n) is 4.97. The fraction of sp³-hybridized carbons (Fsp3) is 0.273. The van der Waals surface area contributed by atoms with E-state index in [0.29, 0.717) is 12.2 Å². The van der Waals surface area contributed by atoms with E-state index in [0.717, 1.165) is 36.4 Å². The lowest BCUT2D eigenvalue weighted by molar-refractivity contribution is 0.0900. The second-order valence-electron chi connectivity index (χ2n) is 6.86. The highest BCUT2D eigenvalue weighted by Crippen LogP contribution is 2.24. The number of carbonyl (C=O) groups is 1. The molecule has 6 nitrogen and oxygen atoms in total. The van der Waals surface area contributed by atoms with E-state index in [2.05, 4.69) is 34.9 Å². The summed E-state index contributed by atoms with van der Waals surface area (Å²) < 4.78 is 7.01. The summed E-state index contributed by atoms with van der Waals surface area (Å²) in [7, 11) is 1.64. The predicted octanol–water partition coefficient (Wildman–Crippen LogP) is 3.02. The molecule has 3 aromatic rings. The maximum absolute atomic E-state index is 12.3. The first kappa shape index (κ1) is 18.3. The Hall–Kier alpha value is -3.12. The number of carbonyl (C=O) groups excluding carboxylic acids is 1. The lowest BCUT2D eigenvalue weighted by Gasteiger charge is -2.25. The van der Waals surface area contributed by atoms with E-state index in [1.54, 1.807) is 11.8 Å². The smallest absolute Gasteiger partial charge is 0.269 e. The Morgan fingerprint density at radius 2 is 1.96 bits per heavy atom. The van der Waals surface area contributed by atoms with Crippen LogP contribution in [0.4, 0.5) is 0 Å². The van der Waals surface area contributed by atoms with Crippen LogP contribution in [0, 0.1) is 0 Å². The summed E-state index contributed by atoms with van der Waals surface area (Å²) in [5.74, 6) is 0.707. The fourth-order valence-corrected chi connectivity index (χ4v) is 3.44. The molecule has 0 saturated carbocycles. The summed E-state index contributed by atoms with van der Waals surface area (Å²) in [5, 5.41) is 11.2. The van der Waals surface area contributed by atoms with E-state index in [1.165, 1.54) is 5.56 Å². The van der Waals surface area contributed by atoms with Gasteiger partial charge in [0, 0.05) is 5.56 Å². The highest BCUT2D eigenvalue weighted by molar-refractivity contribution is 5.94. The molecule has 0 fully saturated rings. The minimum atomic E-state index is -0.0883. The third kappa shape index (κ3) is 3.92. The molecule has 0 spiro atoms. The van der Waals surface area contributed by atoms with Crippen LogP contribution in [0.3, 0.4) is 0 Å². The maximum Gasteiger partial charge on any atom is 0.269 e. The minimum Gasteiger partial charge on any atom is -0.497 e. The molecule has 6 heteroatoms. The van der Waals surface area contributed by atoms with Crippen LogP contribution in [0.5, 0.6) is 5.75 Å². The molecule has 1 amide bonds. The van der Waals surface area contributed by atoms with E-state index in [4.69, 9.17) is 9.84 Å². The van der Waals surface area contributed by atoms with Gasteiger partial charge in [0.1, 0.15) is 17.6 Å². The van der Waals surface area contributed by atoms with Crippen LogP contribution in [0.15, 0.2) is 60.7 Å². The van der Waals surface area contributed by atoms with Crippen molar-refractivity contribution in [1.29, 1.82) is 0 Å². The first-order valence-corrected chi connectivity index (χ1v) is 9.54. The molecule has 1 atom stereocenters. The zero-order valence-electron chi connectivity index (χ0n) is 15.9. The number of aryl methyl sites for hydroxylation is 1. The highest BCUT2D eigenvalue weighted by atomic mass is 16.5. The van der Waals surface area contributed by atoms with Crippen LogP contribution >= 0.6 is 0 Å². The van der Waals surface area contributed by atoms with Gasteiger partial charge in [-0.1, -0.05) is 30.3 Å². The summed E-state index contributed by atoms with van der Waals surface area (Å²) in [6, 6.07) is 20.0. The summed E-state index contributed by atoms with van der Waals surface area (Å²) in [6.07, 6.45) is 2.00. The van der Waals surface area contributed by atoms with Gasteiger partial charge in [-0.2, -0.15) is 5.10 Å². The molecular formula is C22H24N4O2. The molecule has 1 aliphatic rings. The molecule has 4 rings (SSSR count). The molecule has 0 saturated heterocycles. The third-order valence-corrected chi connectivity index (χ3v) is 4.97. The number of ether oxygens (including phenoxy) is 1. The molecule has 0 unspecified atom stereocenters. The SMILES string of the molecule is COc1ccc(-c2cc3n(n2)[C@H](NCCCc2ccccc2)CNC3=O)cc1. The first-order valence-electron chi connectivity index (χ1n) is 9.54. The number of benzene rings is 2. The Morgan fingerprint density at radius 1 is 1.18 bits per heavy atom. The van der Waals surface area contributed by atoms with Crippen molar-refractivity contribution in [2.75, 3.05) is 20.2 Å². The average molecular weight is 376 g/mol. The van der Waals surface area contributed by atoms with Gasteiger partial charge in [-0.15, -0.1) is 0 Å². The number of hydrogen-bond donors (Lipinski definition) is 2. The quantitative estimate of drug-likeness (QED) is 0.622. The number of amides is 1. The van der Waals surface area contributed by atoms with Crippen molar-refractivity contribution in [1.82, 2.24) is 20.4 Å². The van der Waals surface area contributed by atoms with Crippen LogP contribution in [-0.4, -0.2) is 35.9 Å². The molecule has 0 aliphatic carbocycles. The monoisotopic (exact) mass is 376 g/mol. The van der Waals surface area contributed by atoms with Crippen LogP contribution in [0.25, 0.3) is 11.3 Å². The van der Waals surface area contributed by atoms with E-state index in [1.807, 2.05) is 36.4 Å². The summed E-state index contributed by atoms with van der Waals surface area (Å²) in [5.41, 5.74) is 3.66. The van der Waals surface area contributed by atoms with Crippen molar-refractivity contribution < 1.29 is 9.53 Å². The van der Waals surface area contributed by atoms with E-state index >= 15 is 0 Å². The van der Waals surface area contributed by atoms with Gasteiger partial charge in [0.25, 0.3) is 5.91 Å². The summed E-state index contributed by atoms with van der Waals surface area (Å²) in [6.45, 7) is 1.38. The van der Waals surface area contributed by atoms with Gasteiger partial charge < -0.3 is 10.1 Å². The Labute approximate surface area is 164 Å². The van der Waals surface area contributed by atoms with Crippen molar-refractivity contribution >= 4 is 5.91 Å². The van der Waals surface area contributed by atoms with E-state index < -0.39 is 0 Å². The second-order valence-corrected chi connectivity index (χ2v) is 6.86. The van der Waals surface area contributed by atoms with Gasteiger partial charge in [0.05, 0.1) is 19.3 Å². The molecule has 28 heavy (non-hydrogen) atoms. The van der Waals surface area contributed by atoms with Gasteiger partial charge in [-0.25, -0.2) is 4.68 Å². The number of methoxy groups -OCH3 is 1. The number of nitrogens with zero attached hydrogens (tertiary/aromatic N) is 2. The Morgan fingerprint density at radius 3 is 2.71 bits per heavy atom. The standard InChI is InChI=1S/C22H24N4O2/c1-28-18-11-9-17(10-12-18)19-14-20-22(27)24-15-21(26(20)25-19)23-13-5-8-16-6-3-2-4-7-16/h2-4,6-7,9-12,14,21,23H,5,8,13,15H2,1H3,(H,24,27)/t21-/m0/s1. The van der Waals surface area contributed by atoms with Gasteiger partial charge in [0.2, 0.25) is 0 Å². The lowest BCUT2D eigenvalue weighted by atomic mass is 10.1. The Kier molecular flexibility index (Phi) is 5.39. The Balaban J connectivity index is 1.44. The van der Waals surface area contributed by atoms with Gasteiger partial charge in [-0.3, -0.25) is 10.1 Å². The zero-order chi connectivity index (χ0) is 19.3.